The third-order valence-electron chi connectivity index (χ3n) is 4.20. The summed E-state index contributed by atoms with van der Waals surface area (Å²) in [5.74, 6) is -2.96. The van der Waals surface area contributed by atoms with Crippen LogP contribution in [0.3, 0.4) is 0 Å². The number of hydrogen-bond donors (Lipinski definition) is 3. The number of aliphatic carboxylic acids is 1. The average Bonchev–Trinajstić information content (AvgIpc) is 2.70. The molecule has 168 valence electrons. The molecule has 3 N–H and O–H groups in total. The molecule has 0 radical (unpaired) electrons. The number of aromatic nitrogens is 2. The molecule has 0 atom stereocenters. The van der Waals surface area contributed by atoms with Gasteiger partial charge in [0.2, 0.25) is 0 Å². The van der Waals surface area contributed by atoms with E-state index in [0.717, 1.165) is 18.3 Å². The number of benzene rings is 2. The zero-order valence-electron chi connectivity index (χ0n) is 15.5. The van der Waals surface area contributed by atoms with Crippen molar-refractivity contribution in [1.82, 2.24) is 15.3 Å². The van der Waals surface area contributed by atoms with Crippen molar-refractivity contribution in [3.05, 3.63) is 53.2 Å². The Kier molecular flexibility index (Phi) is 5.68. The van der Waals surface area contributed by atoms with E-state index in [1.165, 1.54) is 0 Å². The molecule has 1 aromatic heterocycles. The first-order valence-corrected chi connectivity index (χ1v) is 8.56. The van der Waals surface area contributed by atoms with E-state index in [1.54, 1.807) is 0 Å². The summed E-state index contributed by atoms with van der Waals surface area (Å²) >= 11 is 0. The van der Waals surface area contributed by atoms with Crippen LogP contribution in [0.2, 0.25) is 0 Å². The van der Waals surface area contributed by atoms with Crippen LogP contribution in [0.5, 0.6) is 5.75 Å². The minimum atomic E-state index is -5.05. The van der Waals surface area contributed by atoms with E-state index < -0.39 is 58.8 Å². The van der Waals surface area contributed by atoms with Crippen molar-refractivity contribution in [2.24, 2.45) is 0 Å². The molecule has 13 heteroatoms. The fourth-order valence-electron chi connectivity index (χ4n) is 2.78. The van der Waals surface area contributed by atoms with E-state index in [2.05, 4.69) is 9.97 Å². The molecule has 0 saturated heterocycles. The zero-order valence-corrected chi connectivity index (χ0v) is 15.5. The van der Waals surface area contributed by atoms with Crippen molar-refractivity contribution >= 4 is 22.9 Å². The van der Waals surface area contributed by atoms with Crippen LogP contribution >= 0.6 is 0 Å². The van der Waals surface area contributed by atoms with Gasteiger partial charge in [-0.25, -0.2) is 4.98 Å². The number of hydrogen-bond acceptors (Lipinski definition) is 5. The third-order valence-corrected chi connectivity index (χ3v) is 4.20. The molecule has 7 nitrogen and oxygen atoms in total. The van der Waals surface area contributed by atoms with Gasteiger partial charge in [-0.15, -0.1) is 0 Å². The first kappa shape index (κ1) is 22.8. The summed E-state index contributed by atoms with van der Waals surface area (Å²) in [5, 5.41) is 20.6. The highest BCUT2D eigenvalue weighted by molar-refractivity contribution is 6.08. The van der Waals surface area contributed by atoms with Crippen LogP contribution in [0.25, 0.3) is 22.3 Å². The lowest BCUT2D eigenvalue weighted by molar-refractivity contribution is -0.143. The molecule has 0 spiro atoms. The number of nitrogens with one attached hydrogen (secondary N) is 1. The second-order valence-electron chi connectivity index (χ2n) is 6.45. The summed E-state index contributed by atoms with van der Waals surface area (Å²) in [6.07, 6.45) is -9.27. The maximum Gasteiger partial charge on any atom is 0.416 e. The number of halogens is 6. The first-order valence-electron chi connectivity index (χ1n) is 8.56. The first-order chi connectivity index (χ1) is 14.8. The average molecular weight is 459 g/mol. The number of phenolic OH excluding ortho intramolecular Hbond substituents is 1. The van der Waals surface area contributed by atoms with Crippen molar-refractivity contribution in [2.45, 2.75) is 12.4 Å². The zero-order chi connectivity index (χ0) is 23.8. The molecule has 0 aliphatic carbocycles. The Hall–Kier alpha value is -3.90. The van der Waals surface area contributed by atoms with Gasteiger partial charge in [-0.2, -0.15) is 26.3 Å². The van der Waals surface area contributed by atoms with E-state index in [-0.39, 0.29) is 22.8 Å². The van der Waals surface area contributed by atoms with Gasteiger partial charge in [0.25, 0.3) is 5.91 Å². The molecule has 0 aliphatic rings. The number of rotatable bonds is 4. The van der Waals surface area contributed by atoms with Crippen molar-refractivity contribution in [2.75, 3.05) is 6.54 Å². The highest BCUT2D eigenvalue weighted by Crippen LogP contribution is 2.38. The van der Waals surface area contributed by atoms with Crippen molar-refractivity contribution in [3.8, 4) is 17.0 Å². The summed E-state index contributed by atoms with van der Waals surface area (Å²) in [6.45, 7) is -0.773. The number of carboxylic acid groups (broad SMARTS) is 1. The summed E-state index contributed by atoms with van der Waals surface area (Å²) in [4.78, 5) is 30.6. The van der Waals surface area contributed by atoms with E-state index in [0.29, 0.717) is 12.1 Å². The van der Waals surface area contributed by atoms with Crippen molar-refractivity contribution in [3.63, 3.8) is 0 Å². The number of alkyl halides is 6. The molecule has 0 unspecified atom stereocenters. The lowest BCUT2D eigenvalue weighted by Crippen LogP contribution is -2.29. The molecule has 1 amide bonds. The fraction of sp³-hybridized carbons (Fsp3) is 0.158. The van der Waals surface area contributed by atoms with Crippen LogP contribution in [0.1, 0.15) is 21.5 Å². The number of carboxylic acids is 1. The lowest BCUT2D eigenvalue weighted by atomic mass is 10.0. The Morgan fingerprint density at radius 2 is 1.56 bits per heavy atom. The largest absolute Gasteiger partial charge is 0.507 e. The highest BCUT2D eigenvalue weighted by Gasteiger charge is 2.37. The van der Waals surface area contributed by atoms with Gasteiger partial charge in [-0.3, -0.25) is 14.6 Å². The van der Waals surface area contributed by atoms with Gasteiger partial charge in [0, 0.05) is 5.56 Å². The van der Waals surface area contributed by atoms with Gasteiger partial charge < -0.3 is 15.5 Å². The quantitative estimate of drug-likeness (QED) is 0.511. The number of fused-ring (bicyclic) bond motifs is 1. The van der Waals surface area contributed by atoms with Crippen molar-refractivity contribution in [1.29, 1.82) is 0 Å². The van der Waals surface area contributed by atoms with Crippen LogP contribution < -0.4 is 5.32 Å². The molecular weight excluding hydrogens is 448 g/mol. The smallest absolute Gasteiger partial charge is 0.416 e. The summed E-state index contributed by atoms with van der Waals surface area (Å²) in [5.41, 5.74) is -4.77. The van der Waals surface area contributed by atoms with Gasteiger partial charge in [-0.1, -0.05) is 0 Å². The second-order valence-corrected chi connectivity index (χ2v) is 6.45. The molecule has 0 bridgehead atoms. The minimum absolute atomic E-state index is 0.0269. The van der Waals surface area contributed by atoms with E-state index in [9.17, 15) is 41.0 Å². The summed E-state index contributed by atoms with van der Waals surface area (Å²) < 4.78 is 78.6. The molecule has 32 heavy (non-hydrogen) atoms. The van der Waals surface area contributed by atoms with E-state index in [4.69, 9.17) is 5.11 Å². The van der Waals surface area contributed by atoms with Gasteiger partial charge in [0.05, 0.1) is 28.5 Å². The maximum absolute atomic E-state index is 13.1. The van der Waals surface area contributed by atoms with Gasteiger partial charge in [0.1, 0.15) is 23.4 Å². The summed E-state index contributed by atoms with van der Waals surface area (Å²) in [6, 6.07) is 3.08. The predicted molar refractivity (Wildman–Crippen MR) is 96.6 cm³/mol. The van der Waals surface area contributed by atoms with Gasteiger partial charge in [0.15, 0.2) is 0 Å². The number of carbonyl (C=O) groups excluding carboxylic acids is 1. The Morgan fingerprint density at radius 3 is 2.09 bits per heavy atom. The molecule has 1 heterocycles. The maximum atomic E-state index is 13.1. The molecule has 2 aromatic carbocycles. The fourth-order valence-corrected chi connectivity index (χ4v) is 2.78. The molecule has 0 saturated carbocycles. The number of aromatic hydroxyl groups is 1. The molecule has 0 fully saturated rings. The predicted octanol–water partition coefficient (Wildman–Crippen LogP) is 3.85. The standard InChI is InChI=1S/C19H11F6N3O4/c20-18(21,22)9-3-8(4-10(5-9)19(23,24)25)12-6-26-16-11(28-12)1-2-13(29)15(16)17(32)27-7-14(30)31/h1-6,29H,7H2,(H,27,32)(H,30,31). The monoisotopic (exact) mass is 459 g/mol. The van der Waals surface area contributed by atoms with Gasteiger partial charge in [-0.05, 0) is 30.3 Å². The topological polar surface area (TPSA) is 112 Å². The number of amides is 1. The number of phenols is 1. The highest BCUT2D eigenvalue weighted by atomic mass is 19.4. The molecule has 3 aromatic rings. The molecule has 3 rings (SSSR count). The number of nitrogens with zero attached hydrogens (tertiary/aromatic N) is 2. The third kappa shape index (κ3) is 4.71. The van der Waals surface area contributed by atoms with E-state index in [1.807, 2.05) is 5.32 Å². The Labute approximate surface area is 174 Å². The van der Waals surface area contributed by atoms with Crippen LogP contribution in [-0.4, -0.2) is 38.6 Å². The Bertz CT molecular complexity index is 1190. The SMILES string of the molecule is O=C(O)CNC(=O)c1c(O)ccc2nc(-c3cc(C(F)(F)F)cc(C(F)(F)F)c3)cnc12. The van der Waals surface area contributed by atoms with Gasteiger partial charge >= 0.3 is 18.3 Å². The second kappa shape index (κ2) is 7.98. The van der Waals surface area contributed by atoms with Crippen LogP contribution in [0.15, 0.2) is 36.5 Å². The molecule has 0 aliphatic heterocycles. The molecular formula is C19H11F6N3O4. The van der Waals surface area contributed by atoms with Crippen LogP contribution in [0, 0.1) is 0 Å². The van der Waals surface area contributed by atoms with Crippen LogP contribution in [0.4, 0.5) is 26.3 Å². The lowest BCUT2D eigenvalue weighted by Gasteiger charge is -2.14. The van der Waals surface area contributed by atoms with Crippen molar-refractivity contribution < 1.29 is 46.1 Å². The van der Waals surface area contributed by atoms with Crippen LogP contribution in [-0.2, 0) is 17.1 Å². The van der Waals surface area contributed by atoms with E-state index >= 15 is 0 Å². The summed E-state index contributed by atoms with van der Waals surface area (Å²) in [7, 11) is 0. The Morgan fingerprint density at radius 1 is 0.969 bits per heavy atom. The Balaban J connectivity index is 2.14. The normalized spacial score (nSPS) is 12.1. The number of carbonyl (C=O) groups is 2. The minimum Gasteiger partial charge on any atom is -0.507 e.